The molecule has 0 atom stereocenters. The summed E-state index contributed by atoms with van der Waals surface area (Å²) in [6.45, 7) is 1.81. The van der Waals surface area contributed by atoms with E-state index < -0.39 is 0 Å². The van der Waals surface area contributed by atoms with Crippen LogP contribution in [0.5, 0.6) is 5.75 Å². The van der Waals surface area contributed by atoms with Crippen molar-refractivity contribution >= 4 is 11.8 Å². The van der Waals surface area contributed by atoms with Gasteiger partial charge in [-0.25, -0.2) is 4.39 Å². The first-order chi connectivity index (χ1) is 12.6. The number of hydrogen-bond acceptors (Lipinski definition) is 3. The molecule has 1 saturated heterocycles. The Labute approximate surface area is 152 Å². The van der Waals surface area contributed by atoms with Crippen LogP contribution < -0.4 is 4.74 Å². The van der Waals surface area contributed by atoms with Crippen molar-refractivity contribution in [3.05, 3.63) is 65.5 Å². The standard InChI is InChI=1S/C20H21FN2O3/c1-26-17-7-4-6-16(13-17)20(25)23-11-9-22(10-12-23)19(24)14-15-5-2-3-8-18(15)21/h2-8,13H,9-12,14H2,1H3. The fourth-order valence-corrected chi connectivity index (χ4v) is 3.01. The van der Waals surface area contributed by atoms with E-state index in [1.807, 2.05) is 0 Å². The maximum absolute atomic E-state index is 13.7. The minimum absolute atomic E-state index is 0.0382. The lowest BCUT2D eigenvalue weighted by molar-refractivity contribution is -0.132. The Morgan fingerprint density at radius 1 is 1.00 bits per heavy atom. The summed E-state index contributed by atoms with van der Waals surface area (Å²) in [6, 6.07) is 13.3. The van der Waals surface area contributed by atoms with Crippen LogP contribution in [0.3, 0.4) is 0 Å². The van der Waals surface area contributed by atoms with Crippen LogP contribution in [-0.2, 0) is 11.2 Å². The molecule has 26 heavy (non-hydrogen) atoms. The molecule has 0 unspecified atom stereocenters. The number of amides is 2. The van der Waals surface area contributed by atoms with Crippen molar-refractivity contribution in [2.75, 3.05) is 33.3 Å². The molecule has 0 aromatic heterocycles. The van der Waals surface area contributed by atoms with Gasteiger partial charge in [-0.3, -0.25) is 9.59 Å². The molecule has 0 N–H and O–H groups in total. The van der Waals surface area contributed by atoms with E-state index in [9.17, 15) is 14.0 Å². The number of carbonyl (C=O) groups is 2. The molecule has 0 saturated carbocycles. The van der Waals surface area contributed by atoms with Crippen molar-refractivity contribution in [3.8, 4) is 5.75 Å². The van der Waals surface area contributed by atoms with Crippen LogP contribution in [0.25, 0.3) is 0 Å². The normalized spacial score (nSPS) is 14.2. The van der Waals surface area contributed by atoms with Crippen LogP contribution in [0.1, 0.15) is 15.9 Å². The van der Waals surface area contributed by atoms with Crippen LogP contribution in [0, 0.1) is 5.82 Å². The van der Waals surface area contributed by atoms with Crippen LogP contribution in [-0.4, -0.2) is 54.9 Å². The van der Waals surface area contributed by atoms with Crippen LogP contribution in [0.2, 0.25) is 0 Å². The van der Waals surface area contributed by atoms with Gasteiger partial charge in [0.05, 0.1) is 13.5 Å². The van der Waals surface area contributed by atoms with Gasteiger partial charge in [0.2, 0.25) is 5.91 Å². The maximum atomic E-state index is 13.7. The first kappa shape index (κ1) is 17.9. The molecule has 2 aromatic carbocycles. The monoisotopic (exact) mass is 356 g/mol. The topological polar surface area (TPSA) is 49.9 Å². The second kappa shape index (κ2) is 7.99. The number of rotatable bonds is 4. The molecule has 1 heterocycles. The van der Waals surface area contributed by atoms with Crippen molar-refractivity contribution in [2.45, 2.75) is 6.42 Å². The fourth-order valence-electron chi connectivity index (χ4n) is 3.01. The Morgan fingerprint density at radius 2 is 1.69 bits per heavy atom. The van der Waals surface area contributed by atoms with Gasteiger partial charge < -0.3 is 14.5 Å². The summed E-state index contributed by atoms with van der Waals surface area (Å²) >= 11 is 0. The molecule has 0 bridgehead atoms. The number of carbonyl (C=O) groups excluding carboxylic acids is 2. The number of ether oxygens (including phenoxy) is 1. The van der Waals surface area contributed by atoms with Gasteiger partial charge in [0.15, 0.2) is 0 Å². The Bertz CT molecular complexity index is 801. The van der Waals surface area contributed by atoms with E-state index in [0.717, 1.165) is 0 Å². The number of nitrogens with zero attached hydrogens (tertiary/aromatic N) is 2. The largest absolute Gasteiger partial charge is 0.497 e. The maximum Gasteiger partial charge on any atom is 0.254 e. The van der Waals surface area contributed by atoms with Gasteiger partial charge in [0.25, 0.3) is 5.91 Å². The van der Waals surface area contributed by atoms with Gasteiger partial charge in [-0.2, -0.15) is 0 Å². The minimum Gasteiger partial charge on any atom is -0.497 e. The third kappa shape index (κ3) is 4.02. The second-order valence-electron chi connectivity index (χ2n) is 6.17. The van der Waals surface area contributed by atoms with Crippen molar-refractivity contribution in [1.82, 2.24) is 9.80 Å². The summed E-state index contributed by atoms with van der Waals surface area (Å²) in [5, 5.41) is 0. The third-order valence-electron chi connectivity index (χ3n) is 4.54. The summed E-state index contributed by atoms with van der Waals surface area (Å²) in [6.07, 6.45) is 0.0382. The van der Waals surface area contributed by atoms with Gasteiger partial charge in [-0.1, -0.05) is 24.3 Å². The molecular weight excluding hydrogens is 335 g/mol. The summed E-state index contributed by atoms with van der Waals surface area (Å²) in [5.41, 5.74) is 0.961. The van der Waals surface area contributed by atoms with Crippen LogP contribution in [0.15, 0.2) is 48.5 Å². The smallest absolute Gasteiger partial charge is 0.254 e. The summed E-state index contributed by atoms with van der Waals surface area (Å²) in [5.74, 6) is 0.0657. The Balaban J connectivity index is 1.57. The lowest BCUT2D eigenvalue weighted by Gasteiger charge is -2.35. The van der Waals surface area contributed by atoms with Gasteiger partial charge in [0, 0.05) is 31.7 Å². The molecule has 1 aliphatic rings. The van der Waals surface area contributed by atoms with Gasteiger partial charge >= 0.3 is 0 Å². The zero-order valence-corrected chi connectivity index (χ0v) is 14.7. The average Bonchev–Trinajstić information content (AvgIpc) is 2.69. The lowest BCUT2D eigenvalue weighted by atomic mass is 10.1. The number of halogens is 1. The zero-order chi connectivity index (χ0) is 18.5. The van der Waals surface area contributed by atoms with E-state index in [-0.39, 0.29) is 24.1 Å². The van der Waals surface area contributed by atoms with E-state index in [0.29, 0.717) is 43.1 Å². The molecule has 1 fully saturated rings. The molecule has 1 aliphatic heterocycles. The highest BCUT2D eigenvalue weighted by molar-refractivity contribution is 5.94. The first-order valence-corrected chi connectivity index (χ1v) is 8.53. The molecule has 136 valence electrons. The van der Waals surface area contributed by atoms with Crippen LogP contribution >= 0.6 is 0 Å². The summed E-state index contributed by atoms with van der Waals surface area (Å²) in [7, 11) is 1.56. The first-order valence-electron chi connectivity index (χ1n) is 8.53. The van der Waals surface area contributed by atoms with Crippen molar-refractivity contribution in [2.24, 2.45) is 0 Å². The molecule has 0 aliphatic carbocycles. The molecular formula is C20H21FN2O3. The average molecular weight is 356 g/mol. The quantitative estimate of drug-likeness (QED) is 0.845. The summed E-state index contributed by atoms with van der Waals surface area (Å²) in [4.78, 5) is 28.4. The Morgan fingerprint density at radius 3 is 2.38 bits per heavy atom. The fraction of sp³-hybridized carbons (Fsp3) is 0.300. The molecule has 6 heteroatoms. The van der Waals surface area contributed by atoms with E-state index in [1.54, 1.807) is 59.4 Å². The molecule has 3 rings (SSSR count). The predicted octanol–water partition coefficient (Wildman–Crippen LogP) is 2.36. The zero-order valence-electron chi connectivity index (χ0n) is 14.7. The predicted molar refractivity (Wildman–Crippen MR) is 95.6 cm³/mol. The number of methoxy groups -OCH3 is 1. The molecule has 2 aromatic rings. The molecule has 0 spiro atoms. The van der Waals surface area contributed by atoms with Crippen molar-refractivity contribution < 1.29 is 18.7 Å². The van der Waals surface area contributed by atoms with E-state index >= 15 is 0 Å². The number of hydrogen-bond donors (Lipinski definition) is 0. The third-order valence-corrected chi connectivity index (χ3v) is 4.54. The Hall–Kier alpha value is -2.89. The highest BCUT2D eigenvalue weighted by Crippen LogP contribution is 2.16. The summed E-state index contributed by atoms with van der Waals surface area (Å²) < 4.78 is 18.9. The van der Waals surface area contributed by atoms with E-state index in [2.05, 4.69) is 0 Å². The molecule has 5 nitrogen and oxygen atoms in total. The van der Waals surface area contributed by atoms with Gasteiger partial charge in [-0.15, -0.1) is 0 Å². The van der Waals surface area contributed by atoms with Crippen molar-refractivity contribution in [1.29, 1.82) is 0 Å². The second-order valence-corrected chi connectivity index (χ2v) is 6.17. The molecule has 2 amide bonds. The SMILES string of the molecule is COc1cccc(C(=O)N2CCN(C(=O)Cc3ccccc3F)CC2)c1. The number of benzene rings is 2. The highest BCUT2D eigenvalue weighted by Gasteiger charge is 2.25. The molecule has 0 radical (unpaired) electrons. The Kier molecular flexibility index (Phi) is 5.51. The van der Waals surface area contributed by atoms with Crippen LogP contribution in [0.4, 0.5) is 4.39 Å². The number of piperazine rings is 1. The van der Waals surface area contributed by atoms with E-state index in [4.69, 9.17) is 4.74 Å². The van der Waals surface area contributed by atoms with E-state index in [1.165, 1.54) is 6.07 Å². The lowest BCUT2D eigenvalue weighted by Crippen LogP contribution is -2.51. The highest BCUT2D eigenvalue weighted by atomic mass is 19.1. The minimum atomic E-state index is -0.368. The van der Waals surface area contributed by atoms with Gasteiger partial charge in [-0.05, 0) is 29.8 Å². The van der Waals surface area contributed by atoms with Gasteiger partial charge in [0.1, 0.15) is 11.6 Å². The van der Waals surface area contributed by atoms with Crippen molar-refractivity contribution in [3.63, 3.8) is 0 Å².